The maximum atomic E-state index is 12.2. The van der Waals surface area contributed by atoms with E-state index in [9.17, 15) is 9.90 Å². The Kier molecular flexibility index (Phi) is 4.35. The molecule has 0 saturated heterocycles. The first-order chi connectivity index (χ1) is 8.27. The molecule has 1 unspecified atom stereocenters. The van der Waals surface area contributed by atoms with Gasteiger partial charge in [-0.25, -0.2) is 0 Å². The minimum atomic E-state index is -0.888. The minimum Gasteiger partial charge on any atom is -0.508 e. The molecule has 1 aromatic carbocycles. The number of carbonyl (C=O) groups is 1. The van der Waals surface area contributed by atoms with Crippen molar-refractivity contribution in [2.45, 2.75) is 39.3 Å². The fourth-order valence-corrected chi connectivity index (χ4v) is 1.93. The van der Waals surface area contributed by atoms with Crippen molar-refractivity contribution in [1.29, 1.82) is 0 Å². The average molecular weight is 250 g/mol. The molecule has 0 bridgehead atoms. The van der Waals surface area contributed by atoms with Crippen LogP contribution in [-0.4, -0.2) is 28.0 Å². The summed E-state index contributed by atoms with van der Waals surface area (Å²) >= 11 is 0. The third-order valence-corrected chi connectivity index (χ3v) is 2.97. The Labute approximate surface area is 108 Å². The van der Waals surface area contributed by atoms with E-state index in [1.807, 2.05) is 19.9 Å². The van der Waals surface area contributed by atoms with E-state index in [4.69, 9.17) is 5.73 Å². The molecule has 0 aliphatic rings. The van der Waals surface area contributed by atoms with Crippen LogP contribution in [0.3, 0.4) is 0 Å². The van der Waals surface area contributed by atoms with E-state index in [1.165, 1.54) is 0 Å². The highest BCUT2D eigenvalue weighted by Gasteiger charge is 2.30. The van der Waals surface area contributed by atoms with E-state index in [1.54, 1.807) is 36.9 Å². The molecule has 0 aliphatic heterocycles. The molecule has 1 amide bonds. The number of carbonyl (C=O) groups excluding carboxylic acids is 1. The lowest BCUT2D eigenvalue weighted by Gasteiger charge is -2.33. The van der Waals surface area contributed by atoms with Crippen LogP contribution in [0.15, 0.2) is 24.3 Å². The molecule has 1 aromatic rings. The van der Waals surface area contributed by atoms with Gasteiger partial charge < -0.3 is 15.7 Å². The number of amides is 1. The highest BCUT2D eigenvalue weighted by Crippen LogP contribution is 2.24. The van der Waals surface area contributed by atoms with Crippen molar-refractivity contribution in [3.05, 3.63) is 29.8 Å². The van der Waals surface area contributed by atoms with E-state index in [-0.39, 0.29) is 17.7 Å². The fraction of sp³-hybridized carbons (Fsp3) is 0.500. The topological polar surface area (TPSA) is 66.6 Å². The van der Waals surface area contributed by atoms with Crippen molar-refractivity contribution in [1.82, 2.24) is 4.90 Å². The van der Waals surface area contributed by atoms with E-state index in [0.29, 0.717) is 6.54 Å². The van der Waals surface area contributed by atoms with Crippen LogP contribution in [-0.2, 0) is 4.79 Å². The van der Waals surface area contributed by atoms with Gasteiger partial charge in [0.1, 0.15) is 5.75 Å². The van der Waals surface area contributed by atoms with Gasteiger partial charge in [0, 0.05) is 6.54 Å². The number of nitrogens with two attached hydrogens (primary N) is 1. The molecule has 100 valence electrons. The first-order valence-corrected chi connectivity index (χ1v) is 6.16. The zero-order valence-corrected chi connectivity index (χ0v) is 11.5. The molecule has 0 aromatic heterocycles. The number of nitrogens with zero attached hydrogens (tertiary/aromatic N) is 1. The fourth-order valence-electron chi connectivity index (χ4n) is 1.93. The zero-order chi connectivity index (χ0) is 13.9. The Morgan fingerprint density at radius 2 is 2.11 bits per heavy atom. The molecule has 0 aliphatic carbocycles. The van der Waals surface area contributed by atoms with Crippen LogP contribution < -0.4 is 5.73 Å². The third kappa shape index (κ3) is 3.23. The second-order valence-electron chi connectivity index (χ2n) is 5.08. The summed E-state index contributed by atoms with van der Waals surface area (Å²) in [7, 11) is 0. The molecule has 0 saturated carbocycles. The predicted octanol–water partition coefficient (Wildman–Crippen LogP) is 2.04. The Hall–Kier alpha value is -1.55. The molecule has 1 atom stereocenters. The third-order valence-electron chi connectivity index (χ3n) is 2.97. The quantitative estimate of drug-likeness (QED) is 0.859. The Morgan fingerprint density at radius 1 is 1.50 bits per heavy atom. The molecular formula is C14H22N2O2. The summed E-state index contributed by atoms with van der Waals surface area (Å²) < 4.78 is 0. The van der Waals surface area contributed by atoms with E-state index < -0.39 is 5.54 Å². The largest absolute Gasteiger partial charge is 0.508 e. The number of phenolic OH excluding ortho intramolecular Hbond substituents is 1. The van der Waals surface area contributed by atoms with Gasteiger partial charge in [-0.1, -0.05) is 12.1 Å². The normalized spacial score (nSPS) is 13.2. The van der Waals surface area contributed by atoms with Crippen molar-refractivity contribution < 1.29 is 9.90 Å². The van der Waals surface area contributed by atoms with Crippen LogP contribution in [0.5, 0.6) is 5.75 Å². The number of phenols is 1. The van der Waals surface area contributed by atoms with Gasteiger partial charge in [0.2, 0.25) is 5.91 Å². The van der Waals surface area contributed by atoms with Crippen LogP contribution in [0.1, 0.15) is 39.3 Å². The van der Waals surface area contributed by atoms with Crippen molar-refractivity contribution in [3.63, 3.8) is 0 Å². The maximum Gasteiger partial charge on any atom is 0.242 e. The van der Waals surface area contributed by atoms with Gasteiger partial charge >= 0.3 is 0 Å². The lowest BCUT2D eigenvalue weighted by atomic mass is 10.0. The van der Waals surface area contributed by atoms with E-state index in [2.05, 4.69) is 0 Å². The molecule has 4 heteroatoms. The standard InChI is InChI=1S/C14H22N2O2/c1-5-16(13(18)14(3,4)15)10(2)11-7-6-8-12(17)9-11/h6-10,17H,5,15H2,1-4H3. The number of benzene rings is 1. The second kappa shape index (κ2) is 5.40. The SMILES string of the molecule is CCN(C(=O)C(C)(C)N)C(C)c1cccc(O)c1. The lowest BCUT2D eigenvalue weighted by Crippen LogP contribution is -2.51. The van der Waals surface area contributed by atoms with Gasteiger partial charge in [0.15, 0.2) is 0 Å². The van der Waals surface area contributed by atoms with Crippen molar-refractivity contribution in [2.24, 2.45) is 5.73 Å². The number of hydrogen-bond donors (Lipinski definition) is 2. The summed E-state index contributed by atoms with van der Waals surface area (Å²) in [6.07, 6.45) is 0. The highest BCUT2D eigenvalue weighted by molar-refractivity contribution is 5.85. The van der Waals surface area contributed by atoms with Crippen molar-refractivity contribution >= 4 is 5.91 Å². The molecule has 4 nitrogen and oxygen atoms in total. The smallest absolute Gasteiger partial charge is 0.242 e. The van der Waals surface area contributed by atoms with Gasteiger partial charge in [0.05, 0.1) is 11.6 Å². The zero-order valence-electron chi connectivity index (χ0n) is 11.5. The van der Waals surface area contributed by atoms with Crippen LogP contribution in [0.4, 0.5) is 0 Å². The summed E-state index contributed by atoms with van der Waals surface area (Å²) in [4.78, 5) is 14.0. The average Bonchev–Trinajstić information content (AvgIpc) is 2.28. The number of likely N-dealkylation sites (N-methyl/N-ethyl adjacent to an activating group) is 1. The first kappa shape index (κ1) is 14.5. The van der Waals surface area contributed by atoms with Crippen molar-refractivity contribution in [3.8, 4) is 5.75 Å². The maximum absolute atomic E-state index is 12.2. The summed E-state index contributed by atoms with van der Waals surface area (Å²) in [5, 5.41) is 9.49. The minimum absolute atomic E-state index is 0.0964. The molecule has 1 rings (SSSR count). The summed E-state index contributed by atoms with van der Waals surface area (Å²) in [6.45, 7) is 7.83. The number of hydrogen-bond acceptors (Lipinski definition) is 3. The molecule has 3 N–H and O–H groups in total. The molecule has 18 heavy (non-hydrogen) atoms. The highest BCUT2D eigenvalue weighted by atomic mass is 16.3. The molecular weight excluding hydrogens is 228 g/mol. The molecule has 0 fully saturated rings. The van der Waals surface area contributed by atoms with Gasteiger partial charge in [-0.3, -0.25) is 4.79 Å². The second-order valence-corrected chi connectivity index (χ2v) is 5.08. The van der Waals surface area contributed by atoms with Gasteiger partial charge in [-0.05, 0) is 45.4 Å². The summed E-state index contributed by atoms with van der Waals surface area (Å²) in [6, 6.07) is 6.83. The first-order valence-electron chi connectivity index (χ1n) is 6.16. The predicted molar refractivity (Wildman–Crippen MR) is 72.2 cm³/mol. The monoisotopic (exact) mass is 250 g/mol. The van der Waals surface area contributed by atoms with Crippen molar-refractivity contribution in [2.75, 3.05) is 6.54 Å². The molecule has 0 spiro atoms. The summed E-state index contributed by atoms with van der Waals surface area (Å²) in [5.41, 5.74) is 5.87. The van der Waals surface area contributed by atoms with E-state index in [0.717, 1.165) is 5.56 Å². The Morgan fingerprint density at radius 3 is 2.56 bits per heavy atom. The van der Waals surface area contributed by atoms with Crippen LogP contribution in [0.2, 0.25) is 0 Å². The van der Waals surface area contributed by atoms with E-state index >= 15 is 0 Å². The molecule has 0 heterocycles. The van der Waals surface area contributed by atoms with Crippen LogP contribution >= 0.6 is 0 Å². The Balaban J connectivity index is 2.99. The summed E-state index contributed by atoms with van der Waals surface area (Å²) in [5.74, 6) is 0.107. The lowest BCUT2D eigenvalue weighted by molar-refractivity contribution is -0.137. The Bertz CT molecular complexity index is 424. The number of rotatable bonds is 4. The number of aromatic hydroxyl groups is 1. The van der Waals surface area contributed by atoms with Crippen LogP contribution in [0, 0.1) is 0 Å². The molecule has 0 radical (unpaired) electrons. The van der Waals surface area contributed by atoms with Crippen LogP contribution in [0.25, 0.3) is 0 Å². The van der Waals surface area contributed by atoms with Gasteiger partial charge in [0.25, 0.3) is 0 Å². The van der Waals surface area contributed by atoms with Gasteiger partial charge in [-0.15, -0.1) is 0 Å². The van der Waals surface area contributed by atoms with Gasteiger partial charge in [-0.2, -0.15) is 0 Å².